The maximum absolute atomic E-state index is 13.3. The largest absolute Gasteiger partial charge is 0.497 e. The molecule has 6 nitrogen and oxygen atoms in total. The maximum Gasteiger partial charge on any atom is 0.250 e. The van der Waals surface area contributed by atoms with Gasteiger partial charge in [0.1, 0.15) is 11.3 Å². The van der Waals surface area contributed by atoms with E-state index in [2.05, 4.69) is 29.8 Å². The summed E-state index contributed by atoms with van der Waals surface area (Å²) in [5.41, 5.74) is 0.834. The Hall–Kier alpha value is -2.57. The second-order valence-corrected chi connectivity index (χ2v) is 8.33. The maximum atomic E-state index is 13.3. The average molecular weight is 414 g/mol. The van der Waals surface area contributed by atoms with Crippen molar-refractivity contribution in [3.63, 3.8) is 0 Å². The van der Waals surface area contributed by atoms with Gasteiger partial charge in [-0.1, -0.05) is 37.6 Å². The molecule has 2 aromatic carbocycles. The minimum atomic E-state index is -1.13. The molecular weight excluding hydrogens is 390 g/mol. The van der Waals surface area contributed by atoms with E-state index in [1.165, 1.54) is 0 Å². The Morgan fingerprint density at radius 2 is 1.97 bits per heavy atom. The van der Waals surface area contributed by atoms with E-state index < -0.39 is 11.5 Å². The first-order valence-electron chi connectivity index (χ1n) is 9.70. The van der Waals surface area contributed by atoms with Gasteiger partial charge in [0.05, 0.1) is 23.7 Å². The number of fused-ring (bicyclic) bond motifs is 2. The smallest absolute Gasteiger partial charge is 0.250 e. The Bertz CT molecular complexity index is 960. The molecule has 2 heterocycles. The Labute approximate surface area is 175 Å². The summed E-state index contributed by atoms with van der Waals surface area (Å²) in [6.07, 6.45) is 0.555. The Kier molecular flexibility index (Phi) is 5.00. The summed E-state index contributed by atoms with van der Waals surface area (Å²) >= 11 is 6.33. The van der Waals surface area contributed by atoms with Crippen LogP contribution in [-0.2, 0) is 15.1 Å². The third kappa shape index (κ3) is 3.16. The predicted molar refractivity (Wildman–Crippen MR) is 113 cm³/mol. The molecule has 4 rings (SSSR count). The lowest BCUT2D eigenvalue weighted by Gasteiger charge is -2.29. The molecule has 0 bridgehead atoms. The highest BCUT2D eigenvalue weighted by atomic mass is 35.5. The third-order valence-electron chi connectivity index (χ3n) is 5.94. The SMILES string of the molecule is COc1ccc(NC(=O)C2CC(C(C)C)NC23C(=O)Nc2c(Cl)cccc23)cc1. The number of methoxy groups -OCH3 is 1. The van der Waals surface area contributed by atoms with Crippen molar-refractivity contribution in [2.24, 2.45) is 11.8 Å². The molecule has 0 aliphatic carbocycles. The Balaban J connectivity index is 1.71. The van der Waals surface area contributed by atoms with Crippen molar-refractivity contribution in [3.05, 3.63) is 53.1 Å². The number of para-hydroxylation sites is 1. The lowest BCUT2D eigenvalue weighted by atomic mass is 9.79. The first-order chi connectivity index (χ1) is 13.9. The molecule has 29 heavy (non-hydrogen) atoms. The second kappa shape index (κ2) is 7.35. The number of nitrogens with one attached hydrogen (secondary N) is 3. The summed E-state index contributed by atoms with van der Waals surface area (Å²) in [5.74, 6) is -0.0357. The number of carbonyl (C=O) groups excluding carboxylic acids is 2. The normalized spacial score (nSPS) is 25.2. The van der Waals surface area contributed by atoms with Crippen LogP contribution in [0.25, 0.3) is 0 Å². The first kappa shape index (κ1) is 19.7. The van der Waals surface area contributed by atoms with Crippen LogP contribution in [0.4, 0.5) is 11.4 Å². The van der Waals surface area contributed by atoms with Crippen molar-refractivity contribution in [2.75, 3.05) is 17.7 Å². The van der Waals surface area contributed by atoms with E-state index in [-0.39, 0.29) is 23.8 Å². The molecule has 7 heteroatoms. The zero-order valence-electron chi connectivity index (χ0n) is 16.6. The molecule has 3 atom stereocenters. The highest BCUT2D eigenvalue weighted by molar-refractivity contribution is 6.35. The van der Waals surface area contributed by atoms with Crippen molar-refractivity contribution in [1.82, 2.24) is 5.32 Å². The summed E-state index contributed by atoms with van der Waals surface area (Å²) in [5, 5.41) is 9.81. The number of ether oxygens (including phenoxy) is 1. The van der Waals surface area contributed by atoms with Gasteiger partial charge in [-0.3, -0.25) is 14.9 Å². The highest BCUT2D eigenvalue weighted by Crippen LogP contribution is 2.50. The fourth-order valence-corrected chi connectivity index (χ4v) is 4.55. The van der Waals surface area contributed by atoms with Crippen LogP contribution in [0.15, 0.2) is 42.5 Å². The van der Waals surface area contributed by atoms with E-state index in [0.717, 1.165) is 5.56 Å². The summed E-state index contributed by atoms with van der Waals surface area (Å²) < 4.78 is 5.17. The van der Waals surface area contributed by atoms with E-state index in [4.69, 9.17) is 16.3 Å². The van der Waals surface area contributed by atoms with E-state index in [9.17, 15) is 9.59 Å². The molecule has 0 radical (unpaired) electrons. The van der Waals surface area contributed by atoms with Crippen molar-refractivity contribution in [3.8, 4) is 5.75 Å². The van der Waals surface area contributed by atoms with Crippen LogP contribution in [0.5, 0.6) is 5.75 Å². The number of hydrogen-bond donors (Lipinski definition) is 3. The minimum absolute atomic E-state index is 0.0253. The third-order valence-corrected chi connectivity index (χ3v) is 6.25. The number of carbonyl (C=O) groups is 2. The fraction of sp³-hybridized carbons (Fsp3) is 0.364. The van der Waals surface area contributed by atoms with Gasteiger partial charge in [-0.2, -0.15) is 0 Å². The van der Waals surface area contributed by atoms with Crippen molar-refractivity contribution < 1.29 is 14.3 Å². The predicted octanol–water partition coefficient (Wildman–Crippen LogP) is 3.77. The van der Waals surface area contributed by atoms with Crippen molar-refractivity contribution >= 4 is 34.8 Å². The lowest BCUT2D eigenvalue weighted by Crippen LogP contribution is -2.52. The molecule has 2 amide bonds. The lowest BCUT2D eigenvalue weighted by molar-refractivity contribution is -0.130. The van der Waals surface area contributed by atoms with Crippen molar-refractivity contribution in [2.45, 2.75) is 31.8 Å². The topological polar surface area (TPSA) is 79.5 Å². The van der Waals surface area contributed by atoms with Crippen LogP contribution < -0.4 is 20.7 Å². The molecule has 0 saturated carbocycles. The van der Waals surface area contributed by atoms with Gasteiger partial charge in [-0.05, 0) is 42.7 Å². The standard InChI is InChI=1S/C22H24ClN3O3/c1-12(2)18-11-16(20(27)24-13-7-9-14(29-3)10-8-13)22(26-18)15-5-4-6-17(23)19(15)25-21(22)28/h4-10,12,16,18,26H,11H2,1-3H3,(H,24,27)(H,25,28). The van der Waals surface area contributed by atoms with Gasteiger partial charge in [0.25, 0.3) is 0 Å². The van der Waals surface area contributed by atoms with E-state index >= 15 is 0 Å². The summed E-state index contributed by atoms with van der Waals surface area (Å²) in [7, 11) is 1.59. The summed E-state index contributed by atoms with van der Waals surface area (Å²) in [6, 6.07) is 12.6. The number of hydrogen-bond acceptors (Lipinski definition) is 4. The molecule has 0 aromatic heterocycles. The van der Waals surface area contributed by atoms with E-state index in [1.807, 2.05) is 12.1 Å². The van der Waals surface area contributed by atoms with Gasteiger partial charge in [0, 0.05) is 17.3 Å². The van der Waals surface area contributed by atoms with Crippen LogP contribution in [0.2, 0.25) is 5.02 Å². The minimum Gasteiger partial charge on any atom is -0.497 e. The summed E-state index contributed by atoms with van der Waals surface area (Å²) in [4.78, 5) is 26.5. The molecule has 1 spiro atoms. The molecular formula is C22H24ClN3O3. The quantitative estimate of drug-likeness (QED) is 0.712. The van der Waals surface area contributed by atoms with Crippen molar-refractivity contribution in [1.29, 1.82) is 0 Å². The molecule has 152 valence electrons. The van der Waals surface area contributed by atoms with Gasteiger partial charge in [-0.25, -0.2) is 0 Å². The van der Waals surface area contributed by atoms with E-state index in [0.29, 0.717) is 28.6 Å². The van der Waals surface area contributed by atoms with Crippen LogP contribution in [0.3, 0.4) is 0 Å². The summed E-state index contributed by atoms with van der Waals surface area (Å²) in [6.45, 7) is 4.17. The second-order valence-electron chi connectivity index (χ2n) is 7.93. The van der Waals surface area contributed by atoms with E-state index in [1.54, 1.807) is 37.4 Å². The molecule has 2 aliphatic rings. The van der Waals surface area contributed by atoms with Gasteiger partial charge in [0.15, 0.2) is 0 Å². The Morgan fingerprint density at radius 3 is 2.62 bits per heavy atom. The van der Waals surface area contributed by atoms with Crippen LogP contribution in [-0.4, -0.2) is 25.0 Å². The molecule has 3 N–H and O–H groups in total. The Morgan fingerprint density at radius 1 is 1.24 bits per heavy atom. The molecule has 1 saturated heterocycles. The fourth-order valence-electron chi connectivity index (χ4n) is 4.33. The number of halogens is 1. The number of anilines is 2. The van der Waals surface area contributed by atoms with Crippen LogP contribution in [0.1, 0.15) is 25.8 Å². The van der Waals surface area contributed by atoms with Crippen LogP contribution >= 0.6 is 11.6 Å². The molecule has 1 fully saturated rings. The first-order valence-corrected chi connectivity index (χ1v) is 10.1. The zero-order valence-corrected chi connectivity index (χ0v) is 17.3. The molecule has 2 aliphatic heterocycles. The molecule has 2 aromatic rings. The number of benzene rings is 2. The zero-order chi connectivity index (χ0) is 20.8. The average Bonchev–Trinajstić information content (AvgIpc) is 3.24. The van der Waals surface area contributed by atoms with Gasteiger partial charge in [-0.15, -0.1) is 0 Å². The monoisotopic (exact) mass is 413 g/mol. The number of amides is 2. The van der Waals surface area contributed by atoms with Gasteiger partial charge < -0.3 is 15.4 Å². The van der Waals surface area contributed by atoms with Crippen LogP contribution in [0, 0.1) is 11.8 Å². The molecule has 3 unspecified atom stereocenters. The van der Waals surface area contributed by atoms with Gasteiger partial charge >= 0.3 is 0 Å². The highest BCUT2D eigenvalue weighted by Gasteiger charge is 2.60. The number of rotatable bonds is 4. The van der Waals surface area contributed by atoms with Gasteiger partial charge in [0.2, 0.25) is 11.8 Å².